The minimum atomic E-state index is -0.191. The first-order chi connectivity index (χ1) is 17.4. The fourth-order valence-corrected chi connectivity index (χ4v) is 6.70. The monoisotopic (exact) mass is 539 g/mol. The highest BCUT2D eigenvalue weighted by molar-refractivity contribution is 7.99. The van der Waals surface area contributed by atoms with Gasteiger partial charge in [0.2, 0.25) is 5.91 Å². The van der Waals surface area contributed by atoms with E-state index in [1.54, 1.807) is 28.0 Å². The van der Waals surface area contributed by atoms with Gasteiger partial charge in [-0.3, -0.25) is 14.2 Å². The van der Waals surface area contributed by atoms with Crippen molar-refractivity contribution in [3.8, 4) is 11.4 Å². The average Bonchev–Trinajstić information content (AvgIpc) is 3.25. The lowest BCUT2D eigenvalue weighted by Crippen LogP contribution is -2.23. The van der Waals surface area contributed by atoms with Gasteiger partial charge in [-0.1, -0.05) is 29.4 Å². The van der Waals surface area contributed by atoms with E-state index in [4.69, 9.17) is 21.3 Å². The Kier molecular flexibility index (Phi) is 7.37. The maximum atomic E-state index is 13.9. The molecule has 4 aromatic rings. The molecule has 0 saturated heterocycles. The van der Waals surface area contributed by atoms with Gasteiger partial charge in [-0.25, -0.2) is 4.98 Å². The number of benzene rings is 2. The van der Waals surface area contributed by atoms with Gasteiger partial charge in [0.15, 0.2) is 5.16 Å². The summed E-state index contributed by atoms with van der Waals surface area (Å²) in [6.07, 6.45) is 4.12. The van der Waals surface area contributed by atoms with Gasteiger partial charge in [0.1, 0.15) is 10.6 Å². The van der Waals surface area contributed by atoms with Crippen LogP contribution in [-0.2, 0) is 17.6 Å². The summed E-state index contributed by atoms with van der Waals surface area (Å²) in [5.74, 6) is 0.650. The number of carbonyl (C=O) groups is 1. The summed E-state index contributed by atoms with van der Waals surface area (Å²) in [5, 5.41) is 4.69. The van der Waals surface area contributed by atoms with Crippen LogP contribution >= 0.6 is 34.7 Å². The third kappa shape index (κ3) is 5.03. The quantitative estimate of drug-likeness (QED) is 0.217. The Morgan fingerprint density at radius 1 is 1.19 bits per heavy atom. The van der Waals surface area contributed by atoms with E-state index in [1.165, 1.54) is 16.6 Å². The molecule has 1 aliphatic rings. The molecule has 1 amide bonds. The molecule has 5 rings (SSSR count). The molecule has 1 N–H and O–H groups in total. The molecule has 0 radical (unpaired) electrons. The first-order valence-corrected chi connectivity index (χ1v) is 14.1. The number of ether oxygens (including phenoxy) is 1. The first-order valence-electron chi connectivity index (χ1n) is 11.9. The number of nitrogens with zero attached hydrogens (tertiary/aromatic N) is 2. The predicted molar refractivity (Wildman–Crippen MR) is 149 cm³/mol. The third-order valence-corrected chi connectivity index (χ3v) is 8.53. The Labute approximate surface area is 222 Å². The predicted octanol–water partition coefficient (Wildman–Crippen LogP) is 6.42. The summed E-state index contributed by atoms with van der Waals surface area (Å²) >= 11 is 8.96. The van der Waals surface area contributed by atoms with Gasteiger partial charge in [-0.05, 0) is 87.1 Å². The Morgan fingerprint density at radius 2 is 1.97 bits per heavy atom. The zero-order valence-electron chi connectivity index (χ0n) is 20.1. The summed E-state index contributed by atoms with van der Waals surface area (Å²) in [6, 6.07) is 12.8. The number of aryl methyl sites for hydroxylation is 3. The Morgan fingerprint density at radius 3 is 2.75 bits per heavy atom. The van der Waals surface area contributed by atoms with Crippen LogP contribution in [0.1, 0.15) is 35.8 Å². The molecule has 1 aliphatic carbocycles. The van der Waals surface area contributed by atoms with Gasteiger partial charge < -0.3 is 10.1 Å². The number of rotatable bonds is 7. The number of anilines is 1. The summed E-state index contributed by atoms with van der Waals surface area (Å²) in [6.45, 7) is 4.41. The topological polar surface area (TPSA) is 73.2 Å². The van der Waals surface area contributed by atoms with Crippen LogP contribution in [0.4, 0.5) is 5.69 Å². The van der Waals surface area contributed by atoms with Crippen molar-refractivity contribution in [3.63, 3.8) is 0 Å². The summed E-state index contributed by atoms with van der Waals surface area (Å²) < 4.78 is 7.20. The van der Waals surface area contributed by atoms with E-state index in [2.05, 4.69) is 5.32 Å². The molecular formula is C27H26ClN3O3S2. The average molecular weight is 540 g/mol. The molecule has 9 heteroatoms. The van der Waals surface area contributed by atoms with Crippen LogP contribution in [0.5, 0.6) is 5.75 Å². The fraction of sp³-hybridized carbons (Fsp3) is 0.296. The molecule has 0 unspecified atom stereocenters. The van der Waals surface area contributed by atoms with Crippen LogP contribution < -0.4 is 15.6 Å². The molecule has 36 heavy (non-hydrogen) atoms. The molecule has 0 aliphatic heterocycles. The van der Waals surface area contributed by atoms with Gasteiger partial charge in [0.05, 0.1) is 23.4 Å². The van der Waals surface area contributed by atoms with Crippen LogP contribution in [0, 0.1) is 6.92 Å². The van der Waals surface area contributed by atoms with Gasteiger partial charge in [0, 0.05) is 15.6 Å². The molecule has 0 bridgehead atoms. The molecule has 2 aromatic heterocycles. The number of aromatic nitrogens is 2. The minimum Gasteiger partial charge on any atom is -0.494 e. The molecule has 6 nitrogen and oxygen atoms in total. The van der Waals surface area contributed by atoms with Crippen molar-refractivity contribution in [2.45, 2.75) is 44.7 Å². The smallest absolute Gasteiger partial charge is 0.267 e. The summed E-state index contributed by atoms with van der Waals surface area (Å²) in [7, 11) is 0. The molecular weight excluding hydrogens is 514 g/mol. The van der Waals surface area contributed by atoms with Crippen LogP contribution in [0.15, 0.2) is 52.4 Å². The maximum Gasteiger partial charge on any atom is 0.267 e. The normalized spacial score (nSPS) is 13.0. The van der Waals surface area contributed by atoms with Gasteiger partial charge >= 0.3 is 0 Å². The zero-order chi connectivity index (χ0) is 25.2. The van der Waals surface area contributed by atoms with Gasteiger partial charge in [0.25, 0.3) is 5.56 Å². The van der Waals surface area contributed by atoms with E-state index < -0.39 is 0 Å². The van der Waals surface area contributed by atoms with Crippen molar-refractivity contribution in [2.75, 3.05) is 17.7 Å². The lowest BCUT2D eigenvalue weighted by Gasteiger charge is -2.14. The second kappa shape index (κ2) is 10.7. The van der Waals surface area contributed by atoms with E-state index in [0.717, 1.165) is 47.4 Å². The molecule has 0 spiro atoms. The zero-order valence-corrected chi connectivity index (χ0v) is 22.5. The number of hydrogen-bond donors (Lipinski definition) is 1. The number of fused-ring (bicyclic) bond motifs is 3. The maximum absolute atomic E-state index is 13.9. The SMILES string of the molecule is CCOc1ccc(-n2c(SCC(=O)Nc3cc(Cl)ccc3C)nc3sc4c(c3c2=O)CCCC4)cc1. The lowest BCUT2D eigenvalue weighted by atomic mass is 9.97. The van der Waals surface area contributed by atoms with Crippen molar-refractivity contribution in [3.05, 3.63) is 73.8 Å². The van der Waals surface area contributed by atoms with Crippen molar-refractivity contribution < 1.29 is 9.53 Å². The van der Waals surface area contributed by atoms with Crippen molar-refractivity contribution in [1.82, 2.24) is 9.55 Å². The molecule has 0 atom stereocenters. The Hall–Kier alpha value is -2.81. The van der Waals surface area contributed by atoms with E-state index in [0.29, 0.717) is 33.5 Å². The van der Waals surface area contributed by atoms with E-state index >= 15 is 0 Å². The molecule has 2 aromatic carbocycles. The lowest BCUT2D eigenvalue weighted by molar-refractivity contribution is -0.113. The van der Waals surface area contributed by atoms with Crippen molar-refractivity contribution in [1.29, 1.82) is 0 Å². The Balaban J connectivity index is 1.51. The second-order valence-electron chi connectivity index (χ2n) is 8.65. The molecule has 0 saturated carbocycles. The van der Waals surface area contributed by atoms with Crippen LogP contribution in [0.25, 0.3) is 15.9 Å². The molecule has 186 valence electrons. The highest BCUT2D eigenvalue weighted by atomic mass is 35.5. The highest BCUT2D eigenvalue weighted by Gasteiger charge is 2.23. The highest BCUT2D eigenvalue weighted by Crippen LogP contribution is 2.35. The fourth-order valence-electron chi connectivity index (χ4n) is 4.41. The van der Waals surface area contributed by atoms with E-state index in [-0.39, 0.29) is 17.2 Å². The molecule has 2 heterocycles. The van der Waals surface area contributed by atoms with E-state index in [1.807, 2.05) is 44.2 Å². The standard InChI is InChI=1S/C27H26ClN3O3S2/c1-3-34-19-12-10-18(11-13-19)31-26(33)24-20-6-4-5-7-22(20)36-25(24)30-27(31)35-15-23(32)29-21-14-17(28)9-8-16(21)2/h8-14H,3-7,15H2,1-2H3,(H,29,32). The number of halogens is 1. The number of carbonyl (C=O) groups excluding carboxylic acids is 1. The minimum absolute atomic E-state index is 0.0860. The van der Waals surface area contributed by atoms with Gasteiger partial charge in [-0.2, -0.15) is 0 Å². The van der Waals surface area contributed by atoms with Crippen LogP contribution in [0.3, 0.4) is 0 Å². The number of nitrogens with one attached hydrogen (secondary N) is 1. The van der Waals surface area contributed by atoms with Gasteiger partial charge in [-0.15, -0.1) is 11.3 Å². The number of amides is 1. The van der Waals surface area contributed by atoms with Crippen molar-refractivity contribution >= 4 is 56.5 Å². The van der Waals surface area contributed by atoms with Crippen molar-refractivity contribution in [2.24, 2.45) is 0 Å². The number of hydrogen-bond acceptors (Lipinski definition) is 6. The summed E-state index contributed by atoms with van der Waals surface area (Å²) in [4.78, 5) is 33.6. The largest absolute Gasteiger partial charge is 0.494 e. The van der Waals surface area contributed by atoms with Crippen LogP contribution in [-0.4, -0.2) is 27.8 Å². The number of thiophene rings is 1. The number of thioether (sulfide) groups is 1. The second-order valence-corrected chi connectivity index (χ2v) is 11.1. The first kappa shape index (κ1) is 24.9. The molecule has 0 fully saturated rings. The third-order valence-electron chi connectivity index (χ3n) is 6.17. The van der Waals surface area contributed by atoms with E-state index in [9.17, 15) is 9.59 Å². The Bertz CT molecular complexity index is 1500. The van der Waals surface area contributed by atoms with Crippen LogP contribution in [0.2, 0.25) is 5.02 Å². The summed E-state index contributed by atoms with van der Waals surface area (Å²) in [5.41, 5.74) is 3.35.